The molecule has 0 atom stereocenters. The molecule has 126 valence electrons. The van der Waals surface area contributed by atoms with E-state index in [4.69, 9.17) is 0 Å². The Morgan fingerprint density at radius 2 is 0.923 bits per heavy atom. The first kappa shape index (κ1) is 15.0. The number of rotatable bonds is 2. The predicted octanol–water partition coefficient (Wildman–Crippen LogP) is 6.14. The third-order valence-electron chi connectivity index (χ3n) is 5.06. The van der Waals surface area contributed by atoms with Gasteiger partial charge in [-0.2, -0.15) is 0 Å². The standard InChI is InChI=1S/C24H20N2/c1-17-7-9-25-15-21(13-23(25)11-17)19-3-5-20(6-4-19)22-14-24-12-18(2)8-10-26(24)16-22/h3-16H,1-2H3. The fraction of sp³-hybridized carbons (Fsp3) is 0.0833. The molecule has 0 aliphatic carbocycles. The minimum atomic E-state index is 1.23. The van der Waals surface area contributed by atoms with E-state index in [-0.39, 0.29) is 0 Å². The monoisotopic (exact) mass is 336 g/mol. The summed E-state index contributed by atoms with van der Waals surface area (Å²) in [6, 6.07) is 22.1. The number of aryl methyl sites for hydroxylation is 2. The lowest BCUT2D eigenvalue weighted by Gasteiger charge is -2.01. The molecular weight excluding hydrogens is 316 g/mol. The van der Waals surface area contributed by atoms with E-state index in [0.29, 0.717) is 0 Å². The van der Waals surface area contributed by atoms with Crippen LogP contribution in [0.3, 0.4) is 0 Å². The van der Waals surface area contributed by atoms with Gasteiger partial charge in [-0.25, -0.2) is 0 Å². The molecule has 0 N–H and O–H groups in total. The minimum Gasteiger partial charge on any atom is -0.323 e. The van der Waals surface area contributed by atoms with Crippen LogP contribution in [0.2, 0.25) is 0 Å². The van der Waals surface area contributed by atoms with Crippen molar-refractivity contribution in [3.63, 3.8) is 0 Å². The highest BCUT2D eigenvalue weighted by Gasteiger charge is 2.06. The first-order valence-corrected chi connectivity index (χ1v) is 8.93. The third-order valence-corrected chi connectivity index (χ3v) is 5.06. The van der Waals surface area contributed by atoms with Gasteiger partial charge in [-0.15, -0.1) is 0 Å². The molecule has 5 rings (SSSR count). The van der Waals surface area contributed by atoms with E-state index >= 15 is 0 Å². The summed E-state index contributed by atoms with van der Waals surface area (Å²) in [6.45, 7) is 4.26. The normalized spacial score (nSPS) is 11.5. The van der Waals surface area contributed by atoms with Gasteiger partial charge in [-0.1, -0.05) is 24.3 Å². The van der Waals surface area contributed by atoms with Crippen molar-refractivity contribution in [1.29, 1.82) is 0 Å². The second-order valence-corrected chi connectivity index (χ2v) is 7.11. The fourth-order valence-corrected chi connectivity index (χ4v) is 3.61. The van der Waals surface area contributed by atoms with E-state index in [1.807, 2.05) is 0 Å². The lowest BCUT2D eigenvalue weighted by Crippen LogP contribution is -1.81. The van der Waals surface area contributed by atoms with E-state index in [1.165, 1.54) is 44.4 Å². The Labute approximate surface area is 153 Å². The van der Waals surface area contributed by atoms with Crippen LogP contribution in [-0.2, 0) is 0 Å². The average Bonchev–Trinajstić information content (AvgIpc) is 3.25. The van der Waals surface area contributed by atoms with E-state index < -0.39 is 0 Å². The number of hydrogen-bond donors (Lipinski definition) is 0. The number of hydrogen-bond acceptors (Lipinski definition) is 0. The molecule has 0 radical (unpaired) electrons. The summed E-state index contributed by atoms with van der Waals surface area (Å²) in [5.41, 5.74) is 10.0. The minimum absolute atomic E-state index is 1.23. The van der Waals surface area contributed by atoms with Gasteiger partial charge < -0.3 is 8.80 Å². The highest BCUT2D eigenvalue weighted by atomic mass is 14.9. The summed E-state index contributed by atoms with van der Waals surface area (Å²) in [6.07, 6.45) is 8.63. The predicted molar refractivity (Wildman–Crippen MR) is 109 cm³/mol. The fourth-order valence-electron chi connectivity index (χ4n) is 3.61. The highest BCUT2D eigenvalue weighted by molar-refractivity contribution is 5.75. The molecule has 0 spiro atoms. The molecule has 0 saturated carbocycles. The largest absolute Gasteiger partial charge is 0.323 e. The van der Waals surface area contributed by atoms with Gasteiger partial charge in [0.05, 0.1) is 0 Å². The SMILES string of the molecule is Cc1ccn2cc(-c3ccc(-c4cc5cc(C)ccn5c4)cc3)cc2c1. The number of pyridine rings is 2. The van der Waals surface area contributed by atoms with Crippen molar-refractivity contribution < 1.29 is 0 Å². The molecule has 2 heteroatoms. The Hall–Kier alpha value is -3.26. The van der Waals surface area contributed by atoms with Gasteiger partial charge in [-0.3, -0.25) is 0 Å². The van der Waals surface area contributed by atoms with Crippen LogP contribution in [0, 0.1) is 13.8 Å². The average molecular weight is 336 g/mol. The first-order valence-electron chi connectivity index (χ1n) is 8.93. The Kier molecular flexibility index (Phi) is 3.26. The first-order chi connectivity index (χ1) is 12.7. The van der Waals surface area contributed by atoms with Crippen molar-refractivity contribution in [1.82, 2.24) is 8.80 Å². The van der Waals surface area contributed by atoms with Gasteiger partial charge in [0, 0.05) is 46.9 Å². The van der Waals surface area contributed by atoms with Crippen LogP contribution < -0.4 is 0 Å². The van der Waals surface area contributed by atoms with E-state index in [9.17, 15) is 0 Å². The molecule has 0 saturated heterocycles. The van der Waals surface area contributed by atoms with Crippen molar-refractivity contribution in [2.24, 2.45) is 0 Å². The van der Waals surface area contributed by atoms with Crippen molar-refractivity contribution in [3.05, 3.63) is 96.6 Å². The zero-order valence-corrected chi connectivity index (χ0v) is 15.0. The molecule has 0 aliphatic rings. The van der Waals surface area contributed by atoms with Crippen LogP contribution in [0.15, 0.2) is 85.5 Å². The summed E-state index contributed by atoms with van der Waals surface area (Å²) in [7, 11) is 0. The Morgan fingerprint density at radius 1 is 0.500 bits per heavy atom. The maximum Gasteiger partial charge on any atom is 0.0458 e. The Balaban J connectivity index is 1.52. The second-order valence-electron chi connectivity index (χ2n) is 7.11. The molecule has 0 fully saturated rings. The lowest BCUT2D eigenvalue weighted by atomic mass is 10.0. The molecule has 0 aliphatic heterocycles. The molecule has 4 aromatic heterocycles. The molecule has 26 heavy (non-hydrogen) atoms. The van der Waals surface area contributed by atoms with Crippen molar-refractivity contribution in [2.45, 2.75) is 13.8 Å². The summed E-state index contributed by atoms with van der Waals surface area (Å²) in [4.78, 5) is 0. The van der Waals surface area contributed by atoms with Crippen molar-refractivity contribution in [2.75, 3.05) is 0 Å². The molecule has 1 aromatic carbocycles. The summed E-state index contributed by atoms with van der Waals surface area (Å²) >= 11 is 0. The van der Waals surface area contributed by atoms with Gasteiger partial charge in [0.1, 0.15) is 0 Å². The molecule has 0 amide bonds. The summed E-state index contributed by atoms with van der Waals surface area (Å²) in [5, 5.41) is 0. The number of fused-ring (bicyclic) bond motifs is 2. The van der Waals surface area contributed by atoms with Crippen molar-refractivity contribution in [3.8, 4) is 22.3 Å². The summed E-state index contributed by atoms with van der Waals surface area (Å²) < 4.78 is 4.36. The number of nitrogens with zero attached hydrogens (tertiary/aromatic N) is 2. The Bertz CT molecular complexity index is 1140. The summed E-state index contributed by atoms with van der Waals surface area (Å²) in [5.74, 6) is 0. The third kappa shape index (κ3) is 2.51. The maximum absolute atomic E-state index is 2.25. The van der Waals surface area contributed by atoms with Crippen LogP contribution in [0.4, 0.5) is 0 Å². The molecule has 0 unspecified atom stereocenters. The van der Waals surface area contributed by atoms with Crippen LogP contribution >= 0.6 is 0 Å². The quantitative estimate of drug-likeness (QED) is 0.366. The van der Waals surface area contributed by atoms with Gasteiger partial charge in [-0.05, 0) is 72.5 Å². The van der Waals surface area contributed by atoms with Crippen LogP contribution in [0.25, 0.3) is 33.3 Å². The molecular formula is C24H20N2. The van der Waals surface area contributed by atoms with Crippen LogP contribution in [0.1, 0.15) is 11.1 Å². The molecule has 0 bridgehead atoms. The lowest BCUT2D eigenvalue weighted by molar-refractivity contribution is 1.18. The smallest absolute Gasteiger partial charge is 0.0458 e. The van der Waals surface area contributed by atoms with Gasteiger partial charge in [0.15, 0.2) is 0 Å². The number of benzene rings is 1. The van der Waals surface area contributed by atoms with Crippen molar-refractivity contribution >= 4 is 11.0 Å². The van der Waals surface area contributed by atoms with Gasteiger partial charge in [0.25, 0.3) is 0 Å². The highest BCUT2D eigenvalue weighted by Crippen LogP contribution is 2.28. The molecule has 2 nitrogen and oxygen atoms in total. The van der Waals surface area contributed by atoms with E-state index in [1.54, 1.807) is 0 Å². The number of aromatic nitrogens is 2. The zero-order valence-electron chi connectivity index (χ0n) is 15.0. The topological polar surface area (TPSA) is 8.82 Å². The maximum atomic E-state index is 2.25. The van der Waals surface area contributed by atoms with E-state index in [2.05, 4.69) is 108 Å². The molecule has 5 aromatic rings. The van der Waals surface area contributed by atoms with E-state index in [0.717, 1.165) is 0 Å². The molecule has 4 heterocycles. The van der Waals surface area contributed by atoms with Gasteiger partial charge >= 0.3 is 0 Å². The van der Waals surface area contributed by atoms with Gasteiger partial charge in [0.2, 0.25) is 0 Å². The zero-order chi connectivity index (χ0) is 17.7. The van der Waals surface area contributed by atoms with Crippen LogP contribution in [-0.4, -0.2) is 8.80 Å². The Morgan fingerprint density at radius 3 is 1.35 bits per heavy atom. The second kappa shape index (κ2) is 5.63. The van der Waals surface area contributed by atoms with Crippen LogP contribution in [0.5, 0.6) is 0 Å².